The molecule has 0 spiro atoms. The number of carboxylic acid groups (broad SMARTS) is 1. The van der Waals surface area contributed by atoms with Crippen LogP contribution in [0.3, 0.4) is 0 Å². The number of hydrogen-bond acceptors (Lipinski definition) is 10. The predicted octanol–water partition coefficient (Wildman–Crippen LogP) is 3.43. The van der Waals surface area contributed by atoms with E-state index in [1.54, 1.807) is 23.5 Å². The van der Waals surface area contributed by atoms with E-state index in [4.69, 9.17) is 19.3 Å². The fraction of sp³-hybridized carbons (Fsp3) is 0.472. The molecule has 270 valence electrons. The van der Waals surface area contributed by atoms with Gasteiger partial charge in [0.05, 0.1) is 54.2 Å². The molecule has 3 amide bonds. The molecule has 3 atom stereocenters. The third-order valence-electron chi connectivity index (χ3n) is 8.15. The number of aliphatic hydroxyl groups is 1. The van der Waals surface area contributed by atoms with Crippen LogP contribution in [0.1, 0.15) is 55.2 Å². The maximum atomic E-state index is 13.8. The van der Waals surface area contributed by atoms with E-state index in [2.05, 4.69) is 15.6 Å². The van der Waals surface area contributed by atoms with Crippen LogP contribution in [0.2, 0.25) is 0 Å². The highest BCUT2D eigenvalue weighted by atomic mass is 32.1. The number of aryl methyl sites for hydroxylation is 1. The first-order valence-electron chi connectivity index (χ1n) is 16.5. The number of amides is 3. The van der Waals surface area contributed by atoms with Crippen LogP contribution in [0.4, 0.5) is 0 Å². The van der Waals surface area contributed by atoms with Crippen molar-refractivity contribution in [1.29, 1.82) is 0 Å². The zero-order valence-corrected chi connectivity index (χ0v) is 29.7. The van der Waals surface area contributed by atoms with Crippen molar-refractivity contribution < 1.29 is 43.6 Å². The van der Waals surface area contributed by atoms with Crippen molar-refractivity contribution >= 4 is 35.0 Å². The molecule has 0 aliphatic carbocycles. The number of hydrogen-bond donors (Lipinski definition) is 4. The Labute approximate surface area is 295 Å². The van der Waals surface area contributed by atoms with E-state index in [1.165, 1.54) is 17.0 Å². The summed E-state index contributed by atoms with van der Waals surface area (Å²) in [5.74, 6) is -1.64. The first kappa shape index (κ1) is 38.4. The largest absolute Gasteiger partial charge is 0.491 e. The van der Waals surface area contributed by atoms with Gasteiger partial charge in [-0.1, -0.05) is 45.0 Å². The van der Waals surface area contributed by atoms with Crippen LogP contribution in [0, 0.1) is 12.3 Å². The van der Waals surface area contributed by atoms with E-state index in [0.717, 1.165) is 21.7 Å². The monoisotopic (exact) mass is 710 g/mol. The van der Waals surface area contributed by atoms with Crippen molar-refractivity contribution in [1.82, 2.24) is 20.5 Å². The Balaban J connectivity index is 1.18. The highest BCUT2D eigenvalue weighted by molar-refractivity contribution is 7.13. The first-order chi connectivity index (χ1) is 23.8. The van der Waals surface area contributed by atoms with E-state index in [9.17, 15) is 24.3 Å². The summed E-state index contributed by atoms with van der Waals surface area (Å²) in [6.07, 6.45) is -0.739. The minimum absolute atomic E-state index is 0.00653. The standard InChI is InChI=1S/C36H46N4O9S/c1-23-31(50-22-38-23)25-7-5-24(6-8-25)20-37-33(43)29-19-27(41)21-40(29)34(44)32(36(2,3)4)39-30(42)13-14-47-15-16-48-17-18-49-28-11-9-26(10-12-28)35(45)46/h5-12,22,27,29,32,41H,13-21H2,1-4H3,(H,37,43)(H,39,42)(H,45,46). The lowest BCUT2D eigenvalue weighted by atomic mass is 9.85. The van der Waals surface area contributed by atoms with E-state index in [-0.39, 0.29) is 69.7 Å². The number of aliphatic hydroxyl groups excluding tert-OH is 1. The van der Waals surface area contributed by atoms with Gasteiger partial charge >= 0.3 is 5.97 Å². The number of benzene rings is 2. The quantitative estimate of drug-likeness (QED) is 0.152. The molecule has 2 aromatic carbocycles. The van der Waals surface area contributed by atoms with Crippen LogP contribution in [0.5, 0.6) is 5.75 Å². The molecule has 4 N–H and O–H groups in total. The van der Waals surface area contributed by atoms with Crippen molar-refractivity contribution in [3.05, 3.63) is 70.9 Å². The van der Waals surface area contributed by atoms with Crippen LogP contribution in [0.25, 0.3) is 10.4 Å². The number of aromatic carboxylic acids is 1. The van der Waals surface area contributed by atoms with Crippen LogP contribution in [-0.4, -0.2) is 102 Å². The number of likely N-dealkylation sites (tertiary alicyclic amines) is 1. The maximum absolute atomic E-state index is 13.8. The molecular weight excluding hydrogens is 664 g/mol. The van der Waals surface area contributed by atoms with Gasteiger partial charge in [-0.25, -0.2) is 9.78 Å². The molecule has 3 aromatic rings. The summed E-state index contributed by atoms with van der Waals surface area (Å²) in [6, 6.07) is 12.1. The van der Waals surface area contributed by atoms with E-state index < -0.39 is 35.5 Å². The highest BCUT2D eigenvalue weighted by Gasteiger charge is 2.44. The second-order valence-electron chi connectivity index (χ2n) is 13.1. The molecule has 0 radical (unpaired) electrons. The highest BCUT2D eigenvalue weighted by Crippen LogP contribution is 2.28. The lowest BCUT2D eigenvalue weighted by Gasteiger charge is -2.35. The predicted molar refractivity (Wildman–Crippen MR) is 187 cm³/mol. The summed E-state index contributed by atoms with van der Waals surface area (Å²) in [6.45, 7) is 8.93. The van der Waals surface area contributed by atoms with Gasteiger partial charge < -0.3 is 40.0 Å². The van der Waals surface area contributed by atoms with Crippen molar-refractivity contribution in [2.45, 2.75) is 65.3 Å². The molecule has 1 aromatic heterocycles. The SMILES string of the molecule is Cc1ncsc1-c1ccc(CNC(=O)C2CC(O)CN2C(=O)C(NC(=O)CCOCCOCCOc2ccc(C(=O)O)cc2)C(C)(C)C)cc1. The molecular formula is C36H46N4O9S. The summed E-state index contributed by atoms with van der Waals surface area (Å²) in [7, 11) is 0. The molecule has 1 saturated heterocycles. The van der Waals surface area contributed by atoms with Gasteiger partial charge in [0.1, 0.15) is 24.4 Å². The fourth-order valence-corrected chi connectivity index (χ4v) is 6.22. The van der Waals surface area contributed by atoms with Crippen molar-refractivity contribution in [3.63, 3.8) is 0 Å². The molecule has 3 unspecified atom stereocenters. The van der Waals surface area contributed by atoms with Crippen molar-refractivity contribution in [2.75, 3.05) is 39.6 Å². The molecule has 14 heteroatoms. The maximum Gasteiger partial charge on any atom is 0.335 e. The minimum atomic E-state index is -1.00. The Morgan fingerprint density at radius 1 is 0.980 bits per heavy atom. The van der Waals surface area contributed by atoms with Gasteiger partial charge in [-0.15, -0.1) is 11.3 Å². The lowest BCUT2D eigenvalue weighted by Crippen LogP contribution is -2.57. The number of nitrogens with zero attached hydrogens (tertiary/aromatic N) is 2. The minimum Gasteiger partial charge on any atom is -0.491 e. The summed E-state index contributed by atoms with van der Waals surface area (Å²) in [5.41, 5.74) is 4.22. The average Bonchev–Trinajstić information content (AvgIpc) is 3.70. The zero-order chi connectivity index (χ0) is 36.3. The third kappa shape index (κ3) is 11.1. The molecule has 1 aliphatic rings. The molecule has 13 nitrogen and oxygen atoms in total. The van der Waals surface area contributed by atoms with Gasteiger partial charge in [0.2, 0.25) is 17.7 Å². The second kappa shape index (κ2) is 18.0. The van der Waals surface area contributed by atoms with Crippen LogP contribution >= 0.6 is 11.3 Å². The number of thiazole rings is 1. The average molecular weight is 711 g/mol. The number of nitrogens with one attached hydrogen (secondary N) is 2. The normalized spacial score (nSPS) is 16.5. The molecule has 0 bridgehead atoms. The van der Waals surface area contributed by atoms with Crippen molar-refractivity contribution in [2.24, 2.45) is 5.41 Å². The Bertz CT molecular complexity index is 1590. The van der Waals surface area contributed by atoms with Crippen LogP contribution < -0.4 is 15.4 Å². The molecule has 50 heavy (non-hydrogen) atoms. The van der Waals surface area contributed by atoms with Gasteiger partial charge in [0, 0.05) is 25.9 Å². The molecule has 2 heterocycles. The van der Waals surface area contributed by atoms with Crippen molar-refractivity contribution in [3.8, 4) is 16.2 Å². The summed E-state index contributed by atoms with van der Waals surface area (Å²) < 4.78 is 16.5. The Morgan fingerprint density at radius 3 is 2.26 bits per heavy atom. The molecule has 1 aliphatic heterocycles. The van der Waals surface area contributed by atoms with Gasteiger partial charge in [-0.2, -0.15) is 0 Å². The summed E-state index contributed by atoms with van der Waals surface area (Å²) in [4.78, 5) is 57.6. The number of carbonyl (C=O) groups is 4. The number of carbonyl (C=O) groups excluding carboxylic acids is 3. The topological polar surface area (TPSA) is 177 Å². The first-order valence-corrected chi connectivity index (χ1v) is 17.4. The Hall–Kier alpha value is -4.37. The van der Waals surface area contributed by atoms with Gasteiger partial charge in [-0.3, -0.25) is 14.4 Å². The number of β-amino-alcohol motifs (C(OH)–C–C–N with tert-alkyl or cyclic N) is 1. The van der Waals surface area contributed by atoms with E-state index >= 15 is 0 Å². The van der Waals surface area contributed by atoms with E-state index in [0.29, 0.717) is 12.4 Å². The molecule has 4 rings (SSSR count). The van der Waals surface area contributed by atoms with E-state index in [1.807, 2.05) is 57.5 Å². The van der Waals surface area contributed by atoms with Gasteiger partial charge in [0.25, 0.3) is 0 Å². The van der Waals surface area contributed by atoms with Gasteiger partial charge in [-0.05, 0) is 47.7 Å². The van der Waals surface area contributed by atoms with Gasteiger partial charge in [0.15, 0.2) is 0 Å². The summed E-state index contributed by atoms with van der Waals surface area (Å²) in [5, 5.41) is 25.1. The van der Waals surface area contributed by atoms with Crippen LogP contribution in [0.15, 0.2) is 54.0 Å². The molecule has 1 fully saturated rings. The zero-order valence-electron chi connectivity index (χ0n) is 28.8. The number of aromatic nitrogens is 1. The fourth-order valence-electron chi connectivity index (χ4n) is 5.41. The smallest absolute Gasteiger partial charge is 0.335 e. The van der Waals surface area contributed by atoms with Crippen LogP contribution in [-0.2, 0) is 30.4 Å². The number of ether oxygens (including phenoxy) is 3. The lowest BCUT2D eigenvalue weighted by molar-refractivity contribution is -0.144. The Morgan fingerprint density at radius 2 is 1.64 bits per heavy atom. The number of rotatable bonds is 17. The second-order valence-corrected chi connectivity index (χ2v) is 14.0. The summed E-state index contributed by atoms with van der Waals surface area (Å²) >= 11 is 1.57. The Kier molecular flexibility index (Phi) is 13.9. The number of carboxylic acids is 1. The third-order valence-corrected chi connectivity index (χ3v) is 9.13. The molecule has 0 saturated carbocycles.